The number of benzene rings is 2. The standard InChI is InChI=1S/C11H13NO3.C10H15NO2/c1-8(13)12-10(11(14)15)7-9-5-3-2-4-6-9;1-12-10(13-2)9(11)8-6-4-3-5-7-8/h2-6,10H,7H2,1H3,(H,12,13)(H,14,15);3-7,9-10H,11H2,1-2H3/t;9-/m.0/s1. The Morgan fingerprint density at radius 3 is 1.93 bits per heavy atom. The van der Waals surface area contributed by atoms with E-state index in [-0.39, 0.29) is 18.2 Å². The molecule has 0 aliphatic rings. The van der Waals surface area contributed by atoms with Crippen molar-refractivity contribution >= 4 is 11.9 Å². The SMILES string of the molecule is CC(=O)NC(Cc1ccccc1)C(=O)O.COC(OC)[C@@H](N)c1ccccc1. The highest BCUT2D eigenvalue weighted by Gasteiger charge is 2.18. The quantitative estimate of drug-likeness (QED) is 0.598. The summed E-state index contributed by atoms with van der Waals surface area (Å²) >= 11 is 0. The fourth-order valence-electron chi connectivity index (χ4n) is 2.52. The normalized spacial score (nSPS) is 12.5. The van der Waals surface area contributed by atoms with Gasteiger partial charge in [0.2, 0.25) is 5.91 Å². The zero-order valence-corrected chi connectivity index (χ0v) is 16.4. The van der Waals surface area contributed by atoms with Crippen LogP contribution in [0.3, 0.4) is 0 Å². The van der Waals surface area contributed by atoms with Crippen LogP contribution in [-0.2, 0) is 25.5 Å². The van der Waals surface area contributed by atoms with Crippen LogP contribution in [0.15, 0.2) is 60.7 Å². The van der Waals surface area contributed by atoms with Gasteiger partial charge in [-0.3, -0.25) is 4.79 Å². The number of rotatable bonds is 8. The van der Waals surface area contributed by atoms with Crippen LogP contribution in [0.1, 0.15) is 24.1 Å². The van der Waals surface area contributed by atoms with Gasteiger partial charge in [-0.1, -0.05) is 60.7 Å². The monoisotopic (exact) mass is 388 g/mol. The molecule has 0 radical (unpaired) electrons. The van der Waals surface area contributed by atoms with Gasteiger partial charge < -0.3 is 25.6 Å². The van der Waals surface area contributed by atoms with Crippen molar-refractivity contribution in [2.24, 2.45) is 5.73 Å². The second-order valence-electron chi connectivity index (χ2n) is 6.06. The predicted molar refractivity (Wildman–Crippen MR) is 107 cm³/mol. The van der Waals surface area contributed by atoms with Crippen LogP contribution in [0, 0.1) is 0 Å². The van der Waals surface area contributed by atoms with Gasteiger partial charge in [-0.2, -0.15) is 0 Å². The van der Waals surface area contributed by atoms with Crippen molar-refractivity contribution < 1.29 is 24.2 Å². The summed E-state index contributed by atoms with van der Waals surface area (Å²) in [5.41, 5.74) is 7.81. The third-order valence-corrected chi connectivity index (χ3v) is 3.90. The fraction of sp³-hybridized carbons (Fsp3) is 0.333. The molecular formula is C21H28N2O5. The van der Waals surface area contributed by atoms with Gasteiger partial charge in [-0.15, -0.1) is 0 Å². The smallest absolute Gasteiger partial charge is 0.326 e. The van der Waals surface area contributed by atoms with Crippen molar-refractivity contribution in [2.75, 3.05) is 14.2 Å². The Morgan fingerprint density at radius 1 is 1.00 bits per heavy atom. The van der Waals surface area contributed by atoms with E-state index in [1.807, 2.05) is 60.7 Å². The molecule has 0 spiro atoms. The van der Waals surface area contributed by atoms with E-state index in [1.54, 1.807) is 14.2 Å². The average molecular weight is 388 g/mol. The lowest BCUT2D eigenvalue weighted by atomic mass is 10.1. The number of hydrogen-bond acceptors (Lipinski definition) is 5. The van der Waals surface area contributed by atoms with Crippen molar-refractivity contribution in [3.8, 4) is 0 Å². The van der Waals surface area contributed by atoms with Crippen LogP contribution in [0.4, 0.5) is 0 Å². The summed E-state index contributed by atoms with van der Waals surface area (Å²) in [6, 6.07) is 17.8. The predicted octanol–water partition coefficient (Wildman–Crippen LogP) is 2.12. The Hall–Kier alpha value is -2.74. The number of carbonyl (C=O) groups excluding carboxylic acids is 1. The summed E-state index contributed by atoms with van der Waals surface area (Å²) in [6.45, 7) is 1.31. The molecule has 2 aromatic rings. The van der Waals surface area contributed by atoms with Crippen LogP contribution in [0.5, 0.6) is 0 Å². The van der Waals surface area contributed by atoms with E-state index in [0.717, 1.165) is 11.1 Å². The van der Waals surface area contributed by atoms with Gasteiger partial charge in [-0.05, 0) is 11.1 Å². The number of carboxylic acid groups (broad SMARTS) is 1. The second kappa shape index (κ2) is 12.6. The lowest BCUT2D eigenvalue weighted by Crippen LogP contribution is -2.41. The molecule has 1 amide bonds. The van der Waals surface area contributed by atoms with Gasteiger partial charge in [0.05, 0.1) is 6.04 Å². The number of nitrogens with one attached hydrogen (secondary N) is 1. The Kier molecular flexibility index (Phi) is 10.5. The third kappa shape index (κ3) is 8.30. The molecule has 0 fully saturated rings. The Balaban J connectivity index is 0.000000283. The summed E-state index contributed by atoms with van der Waals surface area (Å²) in [7, 11) is 3.16. The number of amides is 1. The molecule has 7 heteroatoms. The van der Waals surface area contributed by atoms with Gasteiger partial charge in [-0.25, -0.2) is 4.79 Å². The molecule has 2 aromatic carbocycles. The van der Waals surface area contributed by atoms with Gasteiger partial charge in [0, 0.05) is 27.6 Å². The number of hydrogen-bond donors (Lipinski definition) is 3. The molecule has 7 nitrogen and oxygen atoms in total. The number of aliphatic carboxylic acids is 1. The van der Waals surface area contributed by atoms with E-state index in [0.29, 0.717) is 6.42 Å². The highest BCUT2D eigenvalue weighted by molar-refractivity contribution is 5.82. The molecule has 0 bridgehead atoms. The zero-order valence-electron chi connectivity index (χ0n) is 16.4. The highest BCUT2D eigenvalue weighted by atomic mass is 16.7. The molecule has 2 atom stereocenters. The minimum Gasteiger partial charge on any atom is -0.480 e. The Labute approximate surface area is 165 Å². The minimum absolute atomic E-state index is 0.240. The van der Waals surface area contributed by atoms with E-state index in [4.69, 9.17) is 20.3 Å². The molecule has 152 valence electrons. The second-order valence-corrected chi connectivity index (χ2v) is 6.06. The van der Waals surface area contributed by atoms with Crippen molar-refractivity contribution in [3.05, 3.63) is 71.8 Å². The third-order valence-electron chi connectivity index (χ3n) is 3.90. The summed E-state index contributed by atoms with van der Waals surface area (Å²) in [5.74, 6) is -1.35. The number of nitrogens with two attached hydrogens (primary N) is 1. The number of methoxy groups -OCH3 is 2. The van der Waals surface area contributed by atoms with Gasteiger partial charge in [0.1, 0.15) is 6.04 Å². The molecule has 1 unspecified atom stereocenters. The largest absolute Gasteiger partial charge is 0.480 e. The lowest BCUT2D eigenvalue weighted by Gasteiger charge is -2.20. The molecule has 0 aliphatic carbocycles. The number of carbonyl (C=O) groups is 2. The van der Waals surface area contributed by atoms with Crippen LogP contribution in [-0.4, -0.2) is 43.5 Å². The van der Waals surface area contributed by atoms with Crippen molar-refractivity contribution in [1.29, 1.82) is 0 Å². The molecule has 2 rings (SSSR count). The van der Waals surface area contributed by atoms with Crippen molar-refractivity contribution in [3.63, 3.8) is 0 Å². The zero-order chi connectivity index (χ0) is 20.9. The minimum atomic E-state index is -1.02. The van der Waals surface area contributed by atoms with Crippen molar-refractivity contribution in [1.82, 2.24) is 5.32 Å². The maximum Gasteiger partial charge on any atom is 0.326 e. The van der Waals surface area contributed by atoms with Crippen LogP contribution in [0.25, 0.3) is 0 Å². The Bertz CT molecular complexity index is 705. The first-order valence-electron chi connectivity index (χ1n) is 8.79. The fourth-order valence-corrected chi connectivity index (χ4v) is 2.52. The van der Waals surface area contributed by atoms with Gasteiger partial charge >= 0.3 is 5.97 Å². The van der Waals surface area contributed by atoms with Crippen LogP contribution >= 0.6 is 0 Å². The summed E-state index contributed by atoms with van der Waals surface area (Å²) < 4.78 is 10.1. The highest BCUT2D eigenvalue weighted by Crippen LogP contribution is 2.15. The molecule has 0 saturated heterocycles. The van der Waals surface area contributed by atoms with Gasteiger partial charge in [0.25, 0.3) is 0 Å². The number of ether oxygens (including phenoxy) is 2. The molecule has 4 N–H and O–H groups in total. The van der Waals surface area contributed by atoms with E-state index in [2.05, 4.69) is 5.32 Å². The maximum absolute atomic E-state index is 10.8. The first kappa shape index (κ1) is 23.3. The average Bonchev–Trinajstić information content (AvgIpc) is 2.70. The molecule has 28 heavy (non-hydrogen) atoms. The maximum atomic E-state index is 10.8. The van der Waals surface area contributed by atoms with E-state index < -0.39 is 12.0 Å². The first-order valence-corrected chi connectivity index (χ1v) is 8.79. The van der Waals surface area contributed by atoms with E-state index in [1.165, 1.54) is 6.92 Å². The first-order chi connectivity index (χ1) is 13.4. The molecular weight excluding hydrogens is 360 g/mol. The van der Waals surface area contributed by atoms with E-state index >= 15 is 0 Å². The van der Waals surface area contributed by atoms with Crippen LogP contribution in [0.2, 0.25) is 0 Å². The molecule has 0 saturated carbocycles. The lowest BCUT2D eigenvalue weighted by molar-refractivity contribution is -0.141. The van der Waals surface area contributed by atoms with Crippen LogP contribution < -0.4 is 11.1 Å². The molecule has 0 aromatic heterocycles. The topological polar surface area (TPSA) is 111 Å². The van der Waals surface area contributed by atoms with Crippen molar-refractivity contribution in [2.45, 2.75) is 31.7 Å². The summed E-state index contributed by atoms with van der Waals surface area (Å²) in [5, 5.41) is 11.3. The summed E-state index contributed by atoms with van der Waals surface area (Å²) in [4.78, 5) is 21.6. The summed E-state index contributed by atoms with van der Waals surface area (Å²) in [6.07, 6.45) is -0.0853. The molecule has 0 heterocycles. The number of carboxylic acids is 1. The van der Waals surface area contributed by atoms with Gasteiger partial charge in [0.15, 0.2) is 6.29 Å². The van der Waals surface area contributed by atoms with E-state index in [9.17, 15) is 9.59 Å². The molecule has 0 aliphatic heterocycles. The Morgan fingerprint density at radius 2 is 1.50 bits per heavy atom.